The summed E-state index contributed by atoms with van der Waals surface area (Å²) in [4.78, 5) is 13.3. The fourth-order valence-corrected chi connectivity index (χ4v) is 5.43. The fourth-order valence-electron chi connectivity index (χ4n) is 3.77. The van der Waals surface area contributed by atoms with E-state index in [1.54, 1.807) is 24.3 Å². The molecule has 3 rings (SSSR count). The molecule has 0 fully saturated rings. The first-order chi connectivity index (χ1) is 16.6. The molecule has 0 radical (unpaired) electrons. The van der Waals surface area contributed by atoms with Crippen LogP contribution in [0.25, 0.3) is 0 Å². The van der Waals surface area contributed by atoms with Gasteiger partial charge < -0.3 is 10.1 Å². The first-order valence-corrected chi connectivity index (χ1v) is 13.2. The lowest BCUT2D eigenvalue weighted by molar-refractivity contribution is -0.120. The van der Waals surface area contributed by atoms with Gasteiger partial charge in [-0.25, -0.2) is 8.42 Å². The monoisotopic (exact) mass is 514 g/mol. The highest BCUT2D eigenvalue weighted by molar-refractivity contribution is 7.92. The van der Waals surface area contributed by atoms with Crippen molar-refractivity contribution in [1.29, 1.82) is 0 Å². The van der Waals surface area contributed by atoms with E-state index in [1.807, 2.05) is 37.3 Å². The highest BCUT2D eigenvalue weighted by Gasteiger charge is 2.29. The van der Waals surface area contributed by atoms with Crippen molar-refractivity contribution in [1.82, 2.24) is 5.32 Å². The van der Waals surface area contributed by atoms with Crippen LogP contribution in [0.1, 0.15) is 37.4 Å². The Balaban J connectivity index is 1.96. The Bertz CT molecular complexity index is 1250. The summed E-state index contributed by atoms with van der Waals surface area (Å²) >= 11 is 6.30. The Kier molecular flexibility index (Phi) is 8.81. The number of halogens is 1. The van der Waals surface area contributed by atoms with Gasteiger partial charge in [-0.05, 0) is 55.2 Å². The van der Waals surface area contributed by atoms with Crippen LogP contribution >= 0.6 is 11.6 Å². The number of sulfonamides is 1. The number of carbonyl (C=O) groups excluding carboxylic acids is 1. The quantitative estimate of drug-likeness (QED) is 0.373. The van der Waals surface area contributed by atoms with Crippen molar-refractivity contribution in [2.24, 2.45) is 5.92 Å². The average Bonchev–Trinajstić information content (AvgIpc) is 2.82. The number of nitrogens with one attached hydrogen (secondary N) is 1. The molecular weight excluding hydrogens is 484 g/mol. The number of aryl methyl sites for hydroxylation is 1. The number of methoxy groups -OCH3 is 1. The van der Waals surface area contributed by atoms with Gasteiger partial charge in [0.15, 0.2) is 0 Å². The van der Waals surface area contributed by atoms with Crippen molar-refractivity contribution in [3.8, 4) is 5.75 Å². The van der Waals surface area contributed by atoms with Crippen molar-refractivity contribution < 1.29 is 17.9 Å². The molecule has 0 aliphatic carbocycles. The van der Waals surface area contributed by atoms with Crippen molar-refractivity contribution >= 4 is 33.2 Å². The molecule has 8 heteroatoms. The highest BCUT2D eigenvalue weighted by atomic mass is 35.5. The van der Waals surface area contributed by atoms with Crippen molar-refractivity contribution in [3.05, 3.63) is 88.9 Å². The van der Waals surface area contributed by atoms with Gasteiger partial charge >= 0.3 is 0 Å². The Morgan fingerprint density at radius 1 is 1.03 bits per heavy atom. The zero-order chi connectivity index (χ0) is 25.6. The topological polar surface area (TPSA) is 75.7 Å². The van der Waals surface area contributed by atoms with Crippen molar-refractivity contribution in [3.63, 3.8) is 0 Å². The number of benzene rings is 3. The number of rotatable bonds is 10. The van der Waals surface area contributed by atoms with Crippen molar-refractivity contribution in [2.45, 2.75) is 38.1 Å². The Labute approximate surface area is 212 Å². The molecular formula is C27H31ClN2O4S. The molecule has 0 unspecified atom stereocenters. The van der Waals surface area contributed by atoms with Gasteiger partial charge in [-0.3, -0.25) is 9.10 Å². The summed E-state index contributed by atoms with van der Waals surface area (Å²) in [7, 11) is -2.57. The molecule has 0 heterocycles. The number of ether oxygens (including phenoxy) is 1. The van der Waals surface area contributed by atoms with Crippen LogP contribution in [0.15, 0.2) is 77.7 Å². The Morgan fingerprint density at radius 3 is 2.26 bits per heavy atom. The first-order valence-electron chi connectivity index (χ1n) is 11.4. The number of nitrogens with zero attached hydrogens (tertiary/aromatic N) is 1. The van der Waals surface area contributed by atoms with Crippen LogP contribution in [0.3, 0.4) is 0 Å². The van der Waals surface area contributed by atoms with Crippen molar-refractivity contribution in [2.75, 3.05) is 18.0 Å². The summed E-state index contributed by atoms with van der Waals surface area (Å²) in [5.74, 6) is 0.323. The molecule has 0 bridgehead atoms. The van der Waals surface area contributed by atoms with Crippen LogP contribution in [0.4, 0.5) is 5.69 Å². The normalized spacial score (nSPS) is 12.3. The maximum atomic E-state index is 13.7. The van der Waals surface area contributed by atoms with Gasteiger partial charge in [-0.1, -0.05) is 73.5 Å². The lowest BCUT2D eigenvalue weighted by Crippen LogP contribution is -2.42. The molecule has 186 valence electrons. The minimum absolute atomic E-state index is 0.0876. The molecule has 1 atom stereocenters. The molecule has 6 nitrogen and oxygen atoms in total. The molecule has 0 aromatic heterocycles. The third-order valence-electron chi connectivity index (χ3n) is 5.56. The third-order valence-corrected chi connectivity index (χ3v) is 7.65. The van der Waals surface area contributed by atoms with E-state index in [2.05, 4.69) is 19.2 Å². The second kappa shape index (κ2) is 11.6. The molecule has 0 spiro atoms. The predicted molar refractivity (Wildman–Crippen MR) is 140 cm³/mol. The average molecular weight is 515 g/mol. The van der Waals surface area contributed by atoms with Crippen LogP contribution in [0.2, 0.25) is 5.02 Å². The lowest BCUT2D eigenvalue weighted by atomic mass is 9.97. The zero-order valence-electron chi connectivity index (χ0n) is 20.4. The van der Waals surface area contributed by atoms with Crippen LogP contribution in [-0.2, 0) is 14.8 Å². The summed E-state index contributed by atoms with van der Waals surface area (Å²) in [5, 5.41) is 3.28. The summed E-state index contributed by atoms with van der Waals surface area (Å²) in [6, 6.07) is 20.6. The molecule has 0 aliphatic rings. The van der Waals surface area contributed by atoms with Gasteiger partial charge in [0.25, 0.3) is 10.0 Å². The van der Waals surface area contributed by atoms with Gasteiger partial charge in [-0.15, -0.1) is 0 Å². The number of amides is 1. The molecule has 0 saturated heterocycles. The maximum absolute atomic E-state index is 13.7. The maximum Gasteiger partial charge on any atom is 0.264 e. The number of carbonyl (C=O) groups is 1. The summed E-state index contributed by atoms with van der Waals surface area (Å²) < 4.78 is 33.6. The molecule has 1 amide bonds. The standard InChI is InChI=1S/C27H31ClN2O4S/c1-19(2)16-25(21-8-6-5-7-9-21)29-27(31)18-30(22-12-15-26(34-4)24(28)17-22)35(32,33)23-13-10-20(3)11-14-23/h5-15,17,19,25H,16,18H2,1-4H3,(H,29,31)/t25-/m1/s1. The molecule has 3 aromatic carbocycles. The summed E-state index contributed by atoms with van der Waals surface area (Å²) in [5.41, 5.74) is 2.17. The first kappa shape index (κ1) is 26.6. The van der Waals surface area contributed by atoms with E-state index in [4.69, 9.17) is 16.3 Å². The van der Waals surface area contributed by atoms with Gasteiger partial charge in [0.2, 0.25) is 5.91 Å². The zero-order valence-corrected chi connectivity index (χ0v) is 21.9. The van der Waals surface area contributed by atoms with E-state index in [0.717, 1.165) is 21.9 Å². The van der Waals surface area contributed by atoms with E-state index in [-0.39, 0.29) is 21.6 Å². The largest absolute Gasteiger partial charge is 0.495 e. The summed E-state index contributed by atoms with van der Waals surface area (Å²) in [6.07, 6.45) is 0.717. The smallest absolute Gasteiger partial charge is 0.264 e. The molecule has 0 saturated carbocycles. The lowest BCUT2D eigenvalue weighted by Gasteiger charge is -2.27. The highest BCUT2D eigenvalue weighted by Crippen LogP contribution is 2.32. The fraction of sp³-hybridized carbons (Fsp3) is 0.296. The van der Waals surface area contributed by atoms with E-state index in [0.29, 0.717) is 11.7 Å². The second-order valence-electron chi connectivity index (χ2n) is 8.80. The predicted octanol–water partition coefficient (Wildman–Crippen LogP) is 5.76. The van der Waals surface area contributed by atoms with Crippen LogP contribution < -0.4 is 14.4 Å². The minimum Gasteiger partial charge on any atom is -0.495 e. The molecule has 1 N–H and O–H groups in total. The van der Waals surface area contributed by atoms with Gasteiger partial charge in [0, 0.05) is 0 Å². The van der Waals surface area contributed by atoms with Crippen LogP contribution in [-0.4, -0.2) is 28.0 Å². The Morgan fingerprint density at radius 2 is 1.69 bits per heavy atom. The minimum atomic E-state index is -4.05. The van der Waals surface area contributed by atoms with Crippen LogP contribution in [0.5, 0.6) is 5.75 Å². The molecule has 3 aromatic rings. The second-order valence-corrected chi connectivity index (χ2v) is 11.1. The van der Waals surface area contributed by atoms with E-state index < -0.39 is 22.5 Å². The molecule has 0 aliphatic heterocycles. The summed E-state index contributed by atoms with van der Waals surface area (Å²) in [6.45, 7) is 5.63. The van der Waals surface area contributed by atoms with E-state index in [1.165, 1.54) is 25.3 Å². The van der Waals surface area contributed by atoms with Crippen LogP contribution in [0, 0.1) is 12.8 Å². The number of hydrogen-bond donors (Lipinski definition) is 1. The number of anilines is 1. The van der Waals surface area contributed by atoms with Gasteiger partial charge in [-0.2, -0.15) is 0 Å². The third kappa shape index (κ3) is 6.77. The Hall–Kier alpha value is -3.03. The van der Waals surface area contributed by atoms with Gasteiger partial charge in [0.1, 0.15) is 12.3 Å². The molecule has 35 heavy (non-hydrogen) atoms. The number of hydrogen-bond acceptors (Lipinski definition) is 4. The SMILES string of the molecule is COc1ccc(N(CC(=O)N[C@H](CC(C)C)c2ccccc2)S(=O)(=O)c2ccc(C)cc2)cc1Cl. The van der Waals surface area contributed by atoms with E-state index >= 15 is 0 Å². The van der Waals surface area contributed by atoms with E-state index in [9.17, 15) is 13.2 Å². The van der Waals surface area contributed by atoms with Gasteiger partial charge in [0.05, 0.1) is 28.8 Å².